The van der Waals surface area contributed by atoms with Crippen molar-refractivity contribution in [1.82, 2.24) is 9.80 Å². The van der Waals surface area contributed by atoms with Gasteiger partial charge in [-0.1, -0.05) is 6.07 Å². The van der Waals surface area contributed by atoms with E-state index in [1.54, 1.807) is 24.0 Å². The van der Waals surface area contributed by atoms with E-state index in [0.29, 0.717) is 17.2 Å². The van der Waals surface area contributed by atoms with Crippen LogP contribution in [0.15, 0.2) is 18.2 Å². The van der Waals surface area contributed by atoms with E-state index in [-0.39, 0.29) is 17.9 Å². The summed E-state index contributed by atoms with van der Waals surface area (Å²) < 4.78 is 13.5. The Kier molecular flexibility index (Phi) is 5.40. The summed E-state index contributed by atoms with van der Waals surface area (Å²) in [6.45, 7) is 5.92. The van der Waals surface area contributed by atoms with Crippen LogP contribution < -0.4 is 5.32 Å². The predicted molar refractivity (Wildman–Crippen MR) is 87.6 cm³/mol. The highest BCUT2D eigenvalue weighted by Crippen LogP contribution is 2.24. The van der Waals surface area contributed by atoms with Gasteiger partial charge in [-0.3, -0.25) is 0 Å². The normalized spacial score (nSPS) is 18.0. The molecule has 1 aliphatic rings. The minimum Gasteiger partial charge on any atom is -0.325 e. The van der Waals surface area contributed by atoms with Crippen molar-refractivity contribution in [3.8, 4) is 0 Å². The fraction of sp³-hybridized carbons (Fsp3) is 0.588. The Morgan fingerprint density at radius 3 is 2.68 bits per heavy atom. The van der Waals surface area contributed by atoms with Gasteiger partial charge in [-0.05, 0) is 64.9 Å². The topological polar surface area (TPSA) is 35.6 Å². The lowest BCUT2D eigenvalue weighted by atomic mass is 9.90. The van der Waals surface area contributed by atoms with Crippen LogP contribution in [0.4, 0.5) is 14.9 Å². The number of urea groups is 1. The van der Waals surface area contributed by atoms with Gasteiger partial charge in [0.25, 0.3) is 0 Å². The fourth-order valence-electron chi connectivity index (χ4n) is 2.96. The number of piperidine rings is 1. The SMILES string of the molecule is Cc1c(F)cccc1NC(=O)N(C)[C@H](C)C1CCN(C)CC1. The second kappa shape index (κ2) is 7.09. The van der Waals surface area contributed by atoms with Crippen LogP contribution in [-0.2, 0) is 0 Å². The second-order valence-corrected chi connectivity index (χ2v) is 6.33. The second-order valence-electron chi connectivity index (χ2n) is 6.33. The molecule has 22 heavy (non-hydrogen) atoms. The first kappa shape index (κ1) is 16.7. The Hall–Kier alpha value is -1.62. The molecule has 1 atom stereocenters. The van der Waals surface area contributed by atoms with Gasteiger partial charge >= 0.3 is 6.03 Å². The number of carbonyl (C=O) groups is 1. The number of benzene rings is 1. The molecule has 122 valence electrons. The highest BCUT2D eigenvalue weighted by atomic mass is 19.1. The third-order valence-corrected chi connectivity index (χ3v) is 4.89. The van der Waals surface area contributed by atoms with E-state index in [0.717, 1.165) is 25.9 Å². The first-order chi connectivity index (χ1) is 10.4. The lowest BCUT2D eigenvalue weighted by Crippen LogP contribution is -2.45. The van der Waals surface area contributed by atoms with Crippen LogP contribution in [0, 0.1) is 18.7 Å². The molecule has 5 heteroatoms. The highest BCUT2D eigenvalue weighted by Gasteiger charge is 2.27. The van der Waals surface area contributed by atoms with E-state index in [2.05, 4.69) is 24.2 Å². The minimum atomic E-state index is -0.302. The third-order valence-electron chi connectivity index (χ3n) is 4.89. The van der Waals surface area contributed by atoms with Crippen molar-refractivity contribution in [2.45, 2.75) is 32.7 Å². The molecule has 1 aromatic carbocycles. The maximum absolute atomic E-state index is 13.5. The van der Waals surface area contributed by atoms with E-state index in [1.165, 1.54) is 6.07 Å². The molecule has 0 aliphatic carbocycles. The molecule has 1 aliphatic heterocycles. The van der Waals surface area contributed by atoms with Crippen LogP contribution in [0.2, 0.25) is 0 Å². The van der Waals surface area contributed by atoms with Crippen molar-refractivity contribution in [3.05, 3.63) is 29.6 Å². The molecule has 1 saturated heterocycles. The molecule has 2 rings (SSSR count). The summed E-state index contributed by atoms with van der Waals surface area (Å²) in [6, 6.07) is 4.72. The Labute approximate surface area is 132 Å². The summed E-state index contributed by atoms with van der Waals surface area (Å²) in [5, 5.41) is 2.82. The summed E-state index contributed by atoms with van der Waals surface area (Å²) >= 11 is 0. The van der Waals surface area contributed by atoms with Gasteiger partial charge in [0.05, 0.1) is 0 Å². The number of rotatable bonds is 3. The number of nitrogens with zero attached hydrogens (tertiary/aromatic N) is 2. The van der Waals surface area contributed by atoms with Crippen LogP contribution in [0.3, 0.4) is 0 Å². The van der Waals surface area contributed by atoms with E-state index in [4.69, 9.17) is 0 Å². The van der Waals surface area contributed by atoms with Gasteiger partial charge in [0.1, 0.15) is 5.82 Å². The largest absolute Gasteiger partial charge is 0.325 e. The van der Waals surface area contributed by atoms with Gasteiger partial charge in [0.15, 0.2) is 0 Å². The predicted octanol–water partition coefficient (Wildman–Crippen LogP) is 3.33. The zero-order valence-corrected chi connectivity index (χ0v) is 13.9. The highest BCUT2D eigenvalue weighted by molar-refractivity contribution is 5.90. The van der Waals surface area contributed by atoms with E-state index in [1.807, 2.05) is 7.05 Å². The molecule has 0 saturated carbocycles. The molecule has 1 aromatic rings. The van der Waals surface area contributed by atoms with E-state index < -0.39 is 0 Å². The first-order valence-electron chi connectivity index (χ1n) is 7.87. The molecular formula is C17H26FN3O. The number of likely N-dealkylation sites (tertiary alicyclic amines) is 1. The fourth-order valence-corrected chi connectivity index (χ4v) is 2.96. The average Bonchev–Trinajstić information content (AvgIpc) is 2.51. The molecule has 4 nitrogen and oxygen atoms in total. The van der Waals surface area contributed by atoms with E-state index in [9.17, 15) is 9.18 Å². The number of carbonyl (C=O) groups excluding carboxylic acids is 1. The zero-order chi connectivity index (χ0) is 16.3. The van der Waals surface area contributed by atoms with Crippen molar-refractivity contribution in [1.29, 1.82) is 0 Å². The monoisotopic (exact) mass is 307 g/mol. The number of halogens is 1. The van der Waals surface area contributed by atoms with Gasteiger partial charge in [-0.15, -0.1) is 0 Å². The number of amides is 2. The maximum atomic E-state index is 13.5. The smallest absolute Gasteiger partial charge is 0.321 e. The van der Waals surface area contributed by atoms with Gasteiger partial charge < -0.3 is 15.1 Å². The summed E-state index contributed by atoms with van der Waals surface area (Å²) in [5.74, 6) is 0.212. The summed E-state index contributed by atoms with van der Waals surface area (Å²) in [6.07, 6.45) is 2.21. The lowest BCUT2D eigenvalue weighted by molar-refractivity contribution is 0.138. The first-order valence-corrected chi connectivity index (χ1v) is 7.87. The molecule has 0 bridgehead atoms. The van der Waals surface area contributed by atoms with Crippen molar-refractivity contribution in [2.75, 3.05) is 32.5 Å². The van der Waals surface area contributed by atoms with Crippen LogP contribution in [0.1, 0.15) is 25.3 Å². The molecule has 1 heterocycles. The number of nitrogens with one attached hydrogen (secondary N) is 1. The van der Waals surface area contributed by atoms with Crippen molar-refractivity contribution in [2.24, 2.45) is 5.92 Å². The minimum absolute atomic E-state index is 0.169. The molecule has 1 fully saturated rings. The molecule has 2 amide bonds. The molecule has 0 aromatic heterocycles. The molecule has 0 spiro atoms. The maximum Gasteiger partial charge on any atom is 0.321 e. The molecular weight excluding hydrogens is 281 g/mol. The average molecular weight is 307 g/mol. The number of anilines is 1. The lowest BCUT2D eigenvalue weighted by Gasteiger charge is -2.37. The molecule has 0 radical (unpaired) electrons. The van der Waals surface area contributed by atoms with Gasteiger partial charge in [-0.25, -0.2) is 9.18 Å². The van der Waals surface area contributed by atoms with E-state index >= 15 is 0 Å². The van der Waals surface area contributed by atoms with Gasteiger partial charge in [0.2, 0.25) is 0 Å². The Bertz CT molecular complexity index is 527. The quantitative estimate of drug-likeness (QED) is 0.930. The summed E-state index contributed by atoms with van der Waals surface area (Å²) in [4.78, 5) is 16.5. The zero-order valence-electron chi connectivity index (χ0n) is 13.9. The Balaban J connectivity index is 1.98. The van der Waals surface area contributed by atoms with Crippen LogP contribution in [-0.4, -0.2) is 49.1 Å². The Morgan fingerprint density at radius 2 is 2.05 bits per heavy atom. The third kappa shape index (κ3) is 3.77. The van der Waals surface area contributed by atoms with Gasteiger partial charge in [-0.2, -0.15) is 0 Å². The van der Waals surface area contributed by atoms with Crippen LogP contribution >= 0.6 is 0 Å². The number of hydrogen-bond donors (Lipinski definition) is 1. The van der Waals surface area contributed by atoms with Gasteiger partial charge in [0, 0.05) is 24.3 Å². The standard InChI is InChI=1S/C17H26FN3O/c1-12-15(18)6-5-7-16(12)19-17(22)21(4)13(2)14-8-10-20(3)11-9-14/h5-7,13-14H,8-11H2,1-4H3,(H,19,22)/t13-/m1/s1. The Morgan fingerprint density at radius 1 is 1.41 bits per heavy atom. The van der Waals surface area contributed by atoms with Crippen LogP contribution in [0.25, 0.3) is 0 Å². The van der Waals surface area contributed by atoms with Crippen molar-refractivity contribution >= 4 is 11.7 Å². The van der Waals surface area contributed by atoms with Crippen LogP contribution in [0.5, 0.6) is 0 Å². The molecule has 1 N–H and O–H groups in total. The van der Waals surface area contributed by atoms with Crippen molar-refractivity contribution < 1.29 is 9.18 Å². The van der Waals surface area contributed by atoms with Crippen molar-refractivity contribution in [3.63, 3.8) is 0 Å². The summed E-state index contributed by atoms with van der Waals surface area (Å²) in [7, 11) is 3.94. The summed E-state index contributed by atoms with van der Waals surface area (Å²) in [5.41, 5.74) is 1.00. The molecule has 0 unspecified atom stereocenters. The number of hydrogen-bond acceptors (Lipinski definition) is 2.